The van der Waals surface area contributed by atoms with Gasteiger partial charge >= 0.3 is 0 Å². The topological polar surface area (TPSA) is 18.1 Å². The van der Waals surface area contributed by atoms with Gasteiger partial charge in [0.05, 0.1) is 11.4 Å². The van der Waals surface area contributed by atoms with Crippen LogP contribution in [-0.2, 0) is 7.05 Å². The first kappa shape index (κ1) is 39.6. The van der Waals surface area contributed by atoms with Crippen molar-refractivity contribution in [1.29, 1.82) is 0 Å². The van der Waals surface area contributed by atoms with Gasteiger partial charge in [0.2, 0.25) is 0 Å². The Morgan fingerprint density at radius 1 is 0.619 bits per heavy atom. The lowest BCUT2D eigenvalue weighted by atomic mass is 9.81. The Balaban J connectivity index is 1.43. The summed E-state index contributed by atoms with van der Waals surface area (Å²) in [6.45, 7) is 11.2. The molecule has 1 aliphatic rings. The Labute approximate surface area is 369 Å². The molecule has 0 aliphatic heterocycles. The van der Waals surface area contributed by atoms with Crippen LogP contribution in [0.1, 0.15) is 60.2 Å². The van der Waals surface area contributed by atoms with Crippen LogP contribution in [0.15, 0.2) is 204 Å². The predicted octanol–water partition coefficient (Wildman–Crippen LogP) is 16.6. The monoisotopic (exact) mass is 817 g/mol. The van der Waals surface area contributed by atoms with Crippen molar-refractivity contribution in [2.75, 3.05) is 0 Å². The highest BCUT2D eigenvalue weighted by atomic mass is 19.1. The summed E-state index contributed by atoms with van der Waals surface area (Å²) in [6.07, 6.45) is 9.01. The second-order valence-electron chi connectivity index (χ2n) is 16.7. The van der Waals surface area contributed by atoms with E-state index in [0.29, 0.717) is 0 Å². The summed E-state index contributed by atoms with van der Waals surface area (Å²) in [7, 11) is 2.24. The average molecular weight is 818 g/mol. The smallest absolute Gasteiger partial charge is 0.136 e. The third-order valence-electron chi connectivity index (χ3n) is 12.8. The van der Waals surface area contributed by atoms with Crippen molar-refractivity contribution in [2.24, 2.45) is 7.05 Å². The summed E-state index contributed by atoms with van der Waals surface area (Å²) in [5, 5.41) is 4.46. The highest BCUT2D eigenvalue weighted by molar-refractivity contribution is 6.23. The largest absolute Gasteiger partial charge is 0.456 e. The van der Waals surface area contributed by atoms with Crippen molar-refractivity contribution >= 4 is 55.0 Å². The molecule has 2 heterocycles. The Morgan fingerprint density at radius 3 is 2.05 bits per heavy atom. The van der Waals surface area contributed by atoms with E-state index in [-0.39, 0.29) is 5.82 Å². The number of allylic oxidation sites excluding steroid dienone is 8. The minimum Gasteiger partial charge on any atom is -0.456 e. The van der Waals surface area contributed by atoms with E-state index in [1.165, 1.54) is 28.8 Å². The fraction of sp³-hybridized carbons (Fsp3) is 0.100. The number of hydrogen-bond acceptors (Lipinski definition) is 1. The van der Waals surface area contributed by atoms with E-state index in [1.807, 2.05) is 12.1 Å². The molecule has 0 atom stereocenters. The van der Waals surface area contributed by atoms with Gasteiger partial charge in [-0.05, 0) is 124 Å². The first-order valence-corrected chi connectivity index (χ1v) is 21.8. The van der Waals surface area contributed by atoms with Gasteiger partial charge in [0.1, 0.15) is 17.0 Å². The van der Waals surface area contributed by atoms with Gasteiger partial charge in [0.25, 0.3) is 0 Å². The van der Waals surface area contributed by atoms with Crippen molar-refractivity contribution < 1.29 is 8.81 Å². The van der Waals surface area contributed by atoms with Crippen molar-refractivity contribution in [3.63, 3.8) is 0 Å². The molecule has 0 radical (unpaired) electrons. The van der Waals surface area contributed by atoms with Gasteiger partial charge in [-0.1, -0.05) is 170 Å². The Bertz CT molecular complexity index is 3350. The highest BCUT2D eigenvalue weighted by Crippen LogP contribution is 2.51. The van der Waals surface area contributed by atoms with Crippen LogP contribution in [0.2, 0.25) is 0 Å². The molecule has 10 rings (SSSR count). The summed E-state index contributed by atoms with van der Waals surface area (Å²) in [6, 6.07) is 56.5. The van der Waals surface area contributed by atoms with Gasteiger partial charge in [-0.2, -0.15) is 0 Å². The number of fused-ring (bicyclic) bond motifs is 5. The second kappa shape index (κ2) is 16.4. The fourth-order valence-corrected chi connectivity index (χ4v) is 9.76. The van der Waals surface area contributed by atoms with Crippen LogP contribution in [0.25, 0.3) is 77.4 Å². The number of nitrogens with zero attached hydrogens (tertiary/aromatic N) is 1. The third-order valence-corrected chi connectivity index (χ3v) is 12.8. The summed E-state index contributed by atoms with van der Waals surface area (Å²) >= 11 is 0. The highest BCUT2D eigenvalue weighted by Gasteiger charge is 2.31. The fourth-order valence-electron chi connectivity index (χ4n) is 9.76. The number of benzene rings is 7. The molecule has 2 nitrogen and oxygen atoms in total. The zero-order chi connectivity index (χ0) is 43.2. The summed E-state index contributed by atoms with van der Waals surface area (Å²) in [4.78, 5) is 0. The lowest BCUT2D eigenvalue weighted by Crippen LogP contribution is -2.05. The van der Waals surface area contributed by atoms with Crippen LogP contribution in [0.4, 0.5) is 4.39 Å². The van der Waals surface area contributed by atoms with Crippen molar-refractivity contribution in [3.05, 3.63) is 239 Å². The van der Waals surface area contributed by atoms with E-state index in [9.17, 15) is 4.39 Å². The van der Waals surface area contributed by atoms with Crippen LogP contribution in [0.3, 0.4) is 0 Å². The van der Waals surface area contributed by atoms with Gasteiger partial charge < -0.3 is 8.98 Å². The first-order valence-electron chi connectivity index (χ1n) is 21.8. The Kier molecular flexibility index (Phi) is 10.3. The third kappa shape index (κ3) is 7.00. The van der Waals surface area contributed by atoms with Gasteiger partial charge in [-0.15, -0.1) is 0 Å². The van der Waals surface area contributed by atoms with Gasteiger partial charge in [-0.3, -0.25) is 0 Å². The van der Waals surface area contributed by atoms with Gasteiger partial charge in [-0.25, -0.2) is 4.39 Å². The minimum atomic E-state index is -0.275. The number of halogens is 1. The maximum atomic E-state index is 14.4. The minimum absolute atomic E-state index is 0.275. The SMILES string of the molecule is C=C(/C(C)=C(\C(C)=C(/c1cccc2oc3ccc4ccccc4c3c12)c1c(-c2ccccc2)c(C2=CCCC=C2)c(-c2ccc(C)cc2)n1C)c1ccccc1)c1ccc(F)cc1. The molecule has 0 fully saturated rings. The molecule has 0 saturated carbocycles. The first-order chi connectivity index (χ1) is 30.8. The zero-order valence-corrected chi connectivity index (χ0v) is 36.2. The molecule has 0 bridgehead atoms. The molecule has 7 aromatic carbocycles. The lowest BCUT2D eigenvalue weighted by molar-refractivity contribution is 0.627. The van der Waals surface area contributed by atoms with Crippen LogP contribution >= 0.6 is 0 Å². The quantitative estimate of drug-likeness (QED) is 0.133. The maximum absolute atomic E-state index is 14.4. The molecule has 63 heavy (non-hydrogen) atoms. The van der Waals surface area contributed by atoms with Crippen molar-refractivity contribution in [1.82, 2.24) is 4.57 Å². The van der Waals surface area contributed by atoms with E-state index < -0.39 is 0 Å². The molecule has 2 aromatic heterocycles. The molecule has 0 saturated heterocycles. The van der Waals surface area contributed by atoms with Crippen LogP contribution in [-0.4, -0.2) is 4.57 Å². The summed E-state index contributed by atoms with van der Waals surface area (Å²) in [5.41, 5.74) is 19.1. The molecular formula is C60H48FNO. The molecule has 3 heteroatoms. The number of furan rings is 1. The normalized spacial score (nSPS) is 13.6. The molecule has 306 valence electrons. The van der Waals surface area contributed by atoms with Crippen molar-refractivity contribution in [2.45, 2.75) is 33.6 Å². The molecule has 0 amide bonds. The maximum Gasteiger partial charge on any atom is 0.136 e. The number of aromatic nitrogens is 1. The standard InChI is InChI=1S/C60H48FNO/c1-38-28-30-47(31-29-38)59-55(45-21-11-7-12-22-45)56(46-23-13-8-14-24-46)60(62(59)5)54(50-26-17-27-51-58(50)57-49-25-16-15-18-43(49)34-37-52(57)63-51)41(4)53(44-19-9-6-10-20-44)40(3)39(2)42-32-35-48(61)36-33-42/h6,8-11,13-37H,2,7,12H2,1,3-5H3/b53-40+,54-41+. The lowest BCUT2D eigenvalue weighted by Gasteiger charge is -2.23. The molecule has 9 aromatic rings. The van der Waals surface area contributed by atoms with Crippen molar-refractivity contribution in [3.8, 4) is 22.4 Å². The second-order valence-corrected chi connectivity index (χ2v) is 16.7. The van der Waals surface area contributed by atoms with E-state index >= 15 is 0 Å². The number of rotatable bonds is 9. The summed E-state index contributed by atoms with van der Waals surface area (Å²) in [5.74, 6) is -0.275. The molecule has 1 aliphatic carbocycles. The Hall–Kier alpha value is -7.49. The van der Waals surface area contributed by atoms with E-state index in [4.69, 9.17) is 4.42 Å². The van der Waals surface area contributed by atoms with Gasteiger partial charge in [0, 0.05) is 34.5 Å². The molecular weight excluding hydrogens is 770 g/mol. The summed E-state index contributed by atoms with van der Waals surface area (Å²) < 4.78 is 23.6. The molecule has 0 spiro atoms. The van der Waals surface area contributed by atoms with Crippen LogP contribution in [0, 0.1) is 12.7 Å². The number of hydrogen-bond donors (Lipinski definition) is 0. The van der Waals surface area contributed by atoms with E-state index in [0.717, 1.165) is 118 Å². The predicted molar refractivity (Wildman–Crippen MR) is 265 cm³/mol. The average Bonchev–Trinajstić information content (AvgIpc) is 3.86. The van der Waals surface area contributed by atoms with Crippen LogP contribution in [0.5, 0.6) is 0 Å². The molecule has 0 N–H and O–H groups in total. The van der Waals surface area contributed by atoms with E-state index in [2.05, 4.69) is 197 Å². The van der Waals surface area contributed by atoms with Crippen LogP contribution < -0.4 is 0 Å². The zero-order valence-electron chi connectivity index (χ0n) is 36.2. The Morgan fingerprint density at radius 2 is 1.32 bits per heavy atom. The van der Waals surface area contributed by atoms with Gasteiger partial charge in [0.15, 0.2) is 0 Å². The number of aryl methyl sites for hydroxylation is 1. The molecule has 0 unspecified atom stereocenters. The van der Waals surface area contributed by atoms with E-state index in [1.54, 1.807) is 0 Å².